The van der Waals surface area contributed by atoms with Crippen LogP contribution >= 0.6 is 0 Å². The zero-order chi connectivity index (χ0) is 18.9. The second-order valence-corrected chi connectivity index (χ2v) is 6.27. The number of nitro groups is 1. The maximum Gasteiger partial charge on any atom is 0.269 e. The van der Waals surface area contributed by atoms with Gasteiger partial charge in [-0.1, -0.05) is 44.4 Å². The van der Waals surface area contributed by atoms with Crippen LogP contribution in [0.3, 0.4) is 0 Å². The fraction of sp³-hybridized carbons (Fsp3) is 0.350. The molecule has 2 aromatic rings. The Hall–Kier alpha value is -2.89. The molecule has 1 amide bonds. The number of aryl methyl sites for hydroxylation is 1. The first kappa shape index (κ1) is 19.4. The minimum absolute atomic E-state index is 0.0197. The topological polar surface area (TPSA) is 92.5 Å². The van der Waals surface area contributed by atoms with Crippen molar-refractivity contribution in [2.45, 2.75) is 45.6 Å². The van der Waals surface area contributed by atoms with Crippen LogP contribution in [0.25, 0.3) is 0 Å². The minimum Gasteiger partial charge on any atom is -0.507 e. The van der Waals surface area contributed by atoms with E-state index in [-0.39, 0.29) is 23.5 Å². The molecule has 2 aromatic carbocycles. The van der Waals surface area contributed by atoms with Crippen LogP contribution in [-0.4, -0.2) is 15.9 Å². The smallest absolute Gasteiger partial charge is 0.269 e. The Morgan fingerprint density at radius 1 is 1.12 bits per heavy atom. The van der Waals surface area contributed by atoms with Gasteiger partial charge < -0.3 is 10.4 Å². The number of hydrogen-bond acceptors (Lipinski definition) is 4. The predicted octanol–water partition coefficient (Wildman–Crippen LogP) is 4.35. The molecular formula is C20H24N2O4. The largest absolute Gasteiger partial charge is 0.507 e. The fourth-order valence-corrected chi connectivity index (χ4v) is 2.73. The molecule has 0 aliphatic rings. The minimum atomic E-state index is -0.473. The Balaban J connectivity index is 2.00. The van der Waals surface area contributed by atoms with E-state index in [0.717, 1.165) is 24.8 Å². The molecule has 6 heteroatoms. The number of unbranched alkanes of at least 4 members (excludes halogenated alkanes) is 3. The van der Waals surface area contributed by atoms with Crippen LogP contribution in [0.15, 0.2) is 42.5 Å². The summed E-state index contributed by atoms with van der Waals surface area (Å²) in [6.07, 6.45) is 5.42. The number of carbonyl (C=O) groups is 1. The van der Waals surface area contributed by atoms with Gasteiger partial charge >= 0.3 is 0 Å². The lowest BCUT2D eigenvalue weighted by Gasteiger charge is -2.09. The number of phenols is 1. The van der Waals surface area contributed by atoms with Crippen molar-refractivity contribution in [1.82, 2.24) is 5.32 Å². The van der Waals surface area contributed by atoms with Crippen molar-refractivity contribution in [3.05, 3.63) is 69.3 Å². The molecule has 0 aliphatic heterocycles. The molecule has 0 spiro atoms. The summed E-state index contributed by atoms with van der Waals surface area (Å²) in [7, 11) is 0. The van der Waals surface area contributed by atoms with E-state index in [9.17, 15) is 20.0 Å². The Kier molecular flexibility index (Phi) is 7.14. The average Bonchev–Trinajstić information content (AvgIpc) is 2.64. The third-order valence-corrected chi connectivity index (χ3v) is 4.20. The summed E-state index contributed by atoms with van der Waals surface area (Å²) < 4.78 is 0. The van der Waals surface area contributed by atoms with Gasteiger partial charge in [0.1, 0.15) is 5.75 Å². The first-order valence-electron chi connectivity index (χ1n) is 8.84. The van der Waals surface area contributed by atoms with Gasteiger partial charge in [-0.15, -0.1) is 0 Å². The van der Waals surface area contributed by atoms with Crippen molar-refractivity contribution < 1.29 is 14.8 Å². The fourth-order valence-electron chi connectivity index (χ4n) is 2.73. The van der Waals surface area contributed by atoms with E-state index in [4.69, 9.17) is 0 Å². The first-order chi connectivity index (χ1) is 12.5. The highest BCUT2D eigenvalue weighted by atomic mass is 16.6. The summed E-state index contributed by atoms with van der Waals surface area (Å²) in [5, 5.41) is 23.5. The van der Waals surface area contributed by atoms with E-state index < -0.39 is 10.8 Å². The number of amides is 1. The number of aromatic hydroxyl groups is 1. The maximum atomic E-state index is 12.4. The van der Waals surface area contributed by atoms with Crippen molar-refractivity contribution in [1.29, 1.82) is 0 Å². The summed E-state index contributed by atoms with van der Waals surface area (Å²) in [4.78, 5) is 22.7. The number of nitrogens with zero attached hydrogens (tertiary/aromatic N) is 1. The molecule has 2 rings (SSSR count). The summed E-state index contributed by atoms with van der Waals surface area (Å²) in [5.41, 5.74) is 1.85. The van der Waals surface area contributed by atoms with Gasteiger partial charge in [0.15, 0.2) is 0 Å². The van der Waals surface area contributed by atoms with Crippen LogP contribution < -0.4 is 5.32 Å². The highest BCUT2D eigenvalue weighted by Gasteiger charge is 2.13. The molecular weight excluding hydrogens is 332 g/mol. The van der Waals surface area contributed by atoms with Gasteiger partial charge in [-0.3, -0.25) is 14.9 Å². The van der Waals surface area contributed by atoms with Crippen LogP contribution in [-0.2, 0) is 13.0 Å². The number of rotatable bonds is 9. The van der Waals surface area contributed by atoms with Crippen molar-refractivity contribution in [2.24, 2.45) is 0 Å². The first-order valence-corrected chi connectivity index (χ1v) is 8.84. The van der Waals surface area contributed by atoms with Crippen LogP contribution in [0, 0.1) is 10.1 Å². The van der Waals surface area contributed by atoms with Gasteiger partial charge in [-0.25, -0.2) is 0 Å². The Morgan fingerprint density at radius 3 is 2.65 bits per heavy atom. The lowest BCUT2D eigenvalue weighted by atomic mass is 10.0. The molecule has 0 aliphatic carbocycles. The normalized spacial score (nSPS) is 10.5. The van der Waals surface area contributed by atoms with E-state index in [1.165, 1.54) is 31.0 Å². The van der Waals surface area contributed by atoms with Gasteiger partial charge in [0, 0.05) is 18.7 Å². The average molecular weight is 356 g/mol. The Labute approximate surface area is 153 Å². The highest BCUT2D eigenvalue weighted by Crippen LogP contribution is 2.20. The highest BCUT2D eigenvalue weighted by molar-refractivity contribution is 5.96. The Morgan fingerprint density at radius 2 is 1.92 bits per heavy atom. The summed E-state index contributed by atoms with van der Waals surface area (Å²) in [5.74, 6) is -0.469. The summed E-state index contributed by atoms with van der Waals surface area (Å²) in [6.45, 7) is 2.31. The molecule has 6 nitrogen and oxygen atoms in total. The molecule has 0 radical (unpaired) electrons. The summed E-state index contributed by atoms with van der Waals surface area (Å²) >= 11 is 0. The van der Waals surface area contributed by atoms with Gasteiger partial charge in [0.2, 0.25) is 0 Å². The lowest BCUT2D eigenvalue weighted by molar-refractivity contribution is -0.384. The predicted molar refractivity (Wildman–Crippen MR) is 100 cm³/mol. The number of nitrogens with one attached hydrogen (secondary N) is 1. The van der Waals surface area contributed by atoms with E-state index in [1.54, 1.807) is 18.2 Å². The maximum absolute atomic E-state index is 12.4. The van der Waals surface area contributed by atoms with Crippen molar-refractivity contribution in [3.8, 4) is 5.75 Å². The molecule has 0 saturated carbocycles. The number of non-ortho nitro benzene ring substituents is 1. The molecule has 0 bridgehead atoms. The number of carbonyl (C=O) groups excluding carboxylic acids is 1. The van der Waals surface area contributed by atoms with E-state index >= 15 is 0 Å². The van der Waals surface area contributed by atoms with Crippen molar-refractivity contribution >= 4 is 11.6 Å². The molecule has 0 aromatic heterocycles. The molecule has 0 heterocycles. The second kappa shape index (κ2) is 9.56. The van der Waals surface area contributed by atoms with Crippen LogP contribution in [0.2, 0.25) is 0 Å². The third-order valence-electron chi connectivity index (χ3n) is 4.20. The summed E-state index contributed by atoms with van der Waals surface area (Å²) in [6, 6.07) is 11.2. The van der Waals surface area contributed by atoms with Crippen molar-refractivity contribution in [2.75, 3.05) is 0 Å². The standard InChI is InChI=1S/C20H24N2O4/c1-2-3-4-5-7-15-10-11-19(23)18(13-15)20(24)21-14-16-8-6-9-17(12-16)22(25)26/h6,8-13,23H,2-5,7,14H2,1H3,(H,21,24). The number of phenolic OH excluding ortho intramolecular Hbond substituents is 1. The van der Waals surface area contributed by atoms with Crippen LogP contribution in [0.1, 0.15) is 54.1 Å². The van der Waals surface area contributed by atoms with Crippen LogP contribution in [0.5, 0.6) is 5.75 Å². The van der Waals surface area contributed by atoms with E-state index in [2.05, 4.69) is 12.2 Å². The monoisotopic (exact) mass is 356 g/mol. The Bertz CT molecular complexity index is 774. The molecule has 2 N–H and O–H groups in total. The number of benzene rings is 2. The number of hydrogen-bond donors (Lipinski definition) is 2. The molecule has 26 heavy (non-hydrogen) atoms. The molecule has 0 saturated heterocycles. The zero-order valence-corrected chi connectivity index (χ0v) is 14.9. The molecule has 138 valence electrons. The van der Waals surface area contributed by atoms with Gasteiger partial charge in [0.05, 0.1) is 10.5 Å². The quantitative estimate of drug-likeness (QED) is 0.397. The second-order valence-electron chi connectivity index (χ2n) is 6.27. The van der Waals surface area contributed by atoms with E-state index in [1.807, 2.05) is 6.07 Å². The third kappa shape index (κ3) is 5.58. The van der Waals surface area contributed by atoms with Crippen molar-refractivity contribution in [3.63, 3.8) is 0 Å². The zero-order valence-electron chi connectivity index (χ0n) is 14.9. The molecule has 0 unspecified atom stereocenters. The van der Waals surface area contributed by atoms with Gasteiger partial charge in [-0.2, -0.15) is 0 Å². The van der Waals surface area contributed by atoms with Gasteiger partial charge in [-0.05, 0) is 36.1 Å². The SMILES string of the molecule is CCCCCCc1ccc(O)c(C(=O)NCc2cccc([N+](=O)[O-])c2)c1. The van der Waals surface area contributed by atoms with Gasteiger partial charge in [0.25, 0.3) is 11.6 Å². The molecule has 0 fully saturated rings. The van der Waals surface area contributed by atoms with Crippen LogP contribution in [0.4, 0.5) is 5.69 Å². The number of nitro benzene ring substituents is 1. The van der Waals surface area contributed by atoms with E-state index in [0.29, 0.717) is 5.56 Å². The molecule has 0 atom stereocenters. The lowest BCUT2D eigenvalue weighted by Crippen LogP contribution is -2.23.